The van der Waals surface area contributed by atoms with Crippen LogP contribution in [-0.4, -0.2) is 49.9 Å². The van der Waals surface area contributed by atoms with Gasteiger partial charge in [0.2, 0.25) is 0 Å². The molecule has 1 rings (SSSR count). The van der Waals surface area contributed by atoms with Crippen LogP contribution in [0.15, 0.2) is 18.2 Å². The number of methoxy groups -OCH3 is 2. The third-order valence-corrected chi connectivity index (χ3v) is 2.96. The number of alkyl halides is 2. The van der Waals surface area contributed by atoms with Gasteiger partial charge in [0.15, 0.2) is 11.5 Å². The maximum absolute atomic E-state index is 12.3. The summed E-state index contributed by atoms with van der Waals surface area (Å²) < 4.78 is 10.3. The molecule has 0 saturated heterocycles. The normalized spacial score (nSPS) is 10.1. The van der Waals surface area contributed by atoms with Crippen molar-refractivity contribution in [3.8, 4) is 11.5 Å². The van der Waals surface area contributed by atoms with Crippen LogP contribution in [0.3, 0.4) is 0 Å². The Morgan fingerprint density at radius 1 is 1.11 bits per heavy atom. The number of hydrogen-bond acceptors (Lipinski definition) is 3. The molecule has 0 N–H and O–H groups in total. The molecule has 1 amide bonds. The summed E-state index contributed by atoms with van der Waals surface area (Å²) in [5.74, 6) is 1.72. The van der Waals surface area contributed by atoms with Crippen LogP contribution in [0.4, 0.5) is 0 Å². The highest BCUT2D eigenvalue weighted by Gasteiger charge is 2.16. The van der Waals surface area contributed by atoms with Gasteiger partial charge in [-0.05, 0) is 18.2 Å². The molecule has 0 atom stereocenters. The molecular formula is C13H17Cl2NO3. The average Bonchev–Trinajstić information content (AvgIpc) is 2.45. The van der Waals surface area contributed by atoms with E-state index >= 15 is 0 Å². The van der Waals surface area contributed by atoms with E-state index in [9.17, 15) is 4.79 Å². The summed E-state index contributed by atoms with van der Waals surface area (Å²) in [6.45, 7) is 0.920. The van der Waals surface area contributed by atoms with Crippen molar-refractivity contribution in [3.63, 3.8) is 0 Å². The first-order valence-electron chi connectivity index (χ1n) is 5.81. The van der Waals surface area contributed by atoms with Crippen molar-refractivity contribution >= 4 is 29.1 Å². The summed E-state index contributed by atoms with van der Waals surface area (Å²) in [6.07, 6.45) is 0. The van der Waals surface area contributed by atoms with Gasteiger partial charge in [0.05, 0.1) is 14.2 Å². The predicted octanol–water partition coefficient (Wildman–Crippen LogP) is 2.62. The molecule has 0 fully saturated rings. The van der Waals surface area contributed by atoms with Gasteiger partial charge in [0.25, 0.3) is 5.91 Å². The fourth-order valence-electron chi connectivity index (χ4n) is 1.67. The van der Waals surface area contributed by atoms with E-state index in [1.807, 2.05) is 0 Å². The largest absolute Gasteiger partial charge is 0.493 e. The number of benzene rings is 1. The number of hydrogen-bond donors (Lipinski definition) is 0. The van der Waals surface area contributed by atoms with Crippen LogP contribution >= 0.6 is 23.2 Å². The molecule has 0 saturated carbocycles. The maximum atomic E-state index is 12.3. The van der Waals surface area contributed by atoms with Crippen molar-refractivity contribution in [1.29, 1.82) is 0 Å². The molecule has 0 radical (unpaired) electrons. The number of ether oxygens (including phenoxy) is 2. The Morgan fingerprint density at radius 2 is 1.68 bits per heavy atom. The molecule has 4 nitrogen and oxygen atoms in total. The first kappa shape index (κ1) is 15.9. The van der Waals surface area contributed by atoms with Gasteiger partial charge in [-0.1, -0.05) is 0 Å². The third kappa shape index (κ3) is 4.18. The van der Waals surface area contributed by atoms with Gasteiger partial charge >= 0.3 is 0 Å². The van der Waals surface area contributed by atoms with E-state index in [-0.39, 0.29) is 5.91 Å². The van der Waals surface area contributed by atoms with Gasteiger partial charge in [0.1, 0.15) is 0 Å². The van der Waals surface area contributed by atoms with E-state index < -0.39 is 0 Å². The molecule has 0 unspecified atom stereocenters. The van der Waals surface area contributed by atoms with Gasteiger partial charge in [-0.3, -0.25) is 4.79 Å². The molecule has 0 aliphatic carbocycles. The Balaban J connectivity index is 2.97. The first-order chi connectivity index (χ1) is 9.17. The Kier molecular flexibility index (Phi) is 6.81. The third-order valence-electron chi connectivity index (χ3n) is 2.63. The maximum Gasteiger partial charge on any atom is 0.254 e. The van der Waals surface area contributed by atoms with Crippen molar-refractivity contribution in [2.24, 2.45) is 0 Å². The predicted molar refractivity (Wildman–Crippen MR) is 76.9 cm³/mol. The second kappa shape index (κ2) is 8.12. The summed E-state index contributed by atoms with van der Waals surface area (Å²) in [5, 5.41) is 0. The smallest absolute Gasteiger partial charge is 0.254 e. The lowest BCUT2D eigenvalue weighted by atomic mass is 10.1. The Labute approximate surface area is 123 Å². The molecule has 1 aromatic rings. The zero-order valence-corrected chi connectivity index (χ0v) is 12.5. The van der Waals surface area contributed by atoms with Gasteiger partial charge in [-0.15, -0.1) is 23.2 Å². The van der Waals surface area contributed by atoms with Gasteiger partial charge < -0.3 is 14.4 Å². The molecule has 1 aromatic carbocycles. The summed E-state index contributed by atoms with van der Waals surface area (Å²) in [7, 11) is 3.08. The molecule has 0 heterocycles. The highest BCUT2D eigenvalue weighted by Crippen LogP contribution is 2.28. The highest BCUT2D eigenvalue weighted by molar-refractivity contribution is 6.18. The fourth-order valence-corrected chi connectivity index (χ4v) is 2.08. The van der Waals surface area contributed by atoms with Crippen molar-refractivity contribution in [3.05, 3.63) is 23.8 Å². The molecule has 0 aliphatic rings. The number of rotatable bonds is 7. The molecule has 0 spiro atoms. The lowest BCUT2D eigenvalue weighted by Crippen LogP contribution is -2.34. The van der Waals surface area contributed by atoms with Crippen molar-refractivity contribution in [2.75, 3.05) is 39.1 Å². The van der Waals surface area contributed by atoms with Crippen molar-refractivity contribution < 1.29 is 14.3 Å². The Morgan fingerprint density at radius 3 is 2.16 bits per heavy atom. The Hall–Kier alpha value is -1.13. The SMILES string of the molecule is COc1ccc(C(=O)N(CCCl)CCCl)cc1OC. The van der Waals surface area contributed by atoms with E-state index in [1.54, 1.807) is 30.2 Å². The number of carbonyl (C=O) groups excluding carboxylic acids is 1. The highest BCUT2D eigenvalue weighted by atomic mass is 35.5. The minimum atomic E-state index is -0.123. The van der Waals surface area contributed by atoms with E-state index in [0.29, 0.717) is 41.9 Å². The van der Waals surface area contributed by atoms with Crippen LogP contribution in [0.1, 0.15) is 10.4 Å². The zero-order valence-electron chi connectivity index (χ0n) is 11.0. The molecule has 0 aromatic heterocycles. The van der Waals surface area contributed by atoms with Crippen LogP contribution in [0, 0.1) is 0 Å². The Bertz CT molecular complexity index is 420. The van der Waals surface area contributed by atoms with Crippen LogP contribution in [0.5, 0.6) is 11.5 Å². The zero-order chi connectivity index (χ0) is 14.3. The van der Waals surface area contributed by atoms with E-state index in [0.717, 1.165) is 0 Å². The van der Waals surface area contributed by atoms with Crippen molar-refractivity contribution in [1.82, 2.24) is 4.90 Å². The van der Waals surface area contributed by atoms with E-state index in [4.69, 9.17) is 32.7 Å². The molecule has 19 heavy (non-hydrogen) atoms. The standard InChI is InChI=1S/C13H17Cl2NO3/c1-18-11-4-3-10(9-12(11)19-2)13(17)16(7-5-14)8-6-15/h3-4,9H,5-8H2,1-2H3. The summed E-state index contributed by atoms with van der Waals surface area (Å²) in [6, 6.07) is 5.04. The quantitative estimate of drug-likeness (QED) is 0.727. The topological polar surface area (TPSA) is 38.8 Å². The minimum Gasteiger partial charge on any atom is -0.493 e. The lowest BCUT2D eigenvalue weighted by molar-refractivity contribution is 0.0774. The van der Waals surface area contributed by atoms with Gasteiger partial charge in [-0.25, -0.2) is 0 Å². The monoisotopic (exact) mass is 305 g/mol. The van der Waals surface area contributed by atoms with Gasteiger partial charge in [-0.2, -0.15) is 0 Å². The second-order valence-electron chi connectivity index (χ2n) is 3.74. The fraction of sp³-hybridized carbons (Fsp3) is 0.462. The second-order valence-corrected chi connectivity index (χ2v) is 4.50. The first-order valence-corrected chi connectivity index (χ1v) is 6.88. The number of amides is 1. The van der Waals surface area contributed by atoms with Gasteiger partial charge in [0, 0.05) is 30.4 Å². The van der Waals surface area contributed by atoms with E-state index in [2.05, 4.69) is 0 Å². The lowest BCUT2D eigenvalue weighted by Gasteiger charge is -2.21. The van der Waals surface area contributed by atoms with Crippen LogP contribution in [0.25, 0.3) is 0 Å². The number of carbonyl (C=O) groups is 1. The van der Waals surface area contributed by atoms with Crippen molar-refractivity contribution in [2.45, 2.75) is 0 Å². The number of halogens is 2. The molecule has 6 heteroatoms. The summed E-state index contributed by atoms with van der Waals surface area (Å²) in [4.78, 5) is 13.9. The average molecular weight is 306 g/mol. The minimum absolute atomic E-state index is 0.123. The summed E-state index contributed by atoms with van der Waals surface area (Å²) in [5.41, 5.74) is 0.521. The molecular weight excluding hydrogens is 289 g/mol. The number of nitrogens with zero attached hydrogens (tertiary/aromatic N) is 1. The van der Waals surface area contributed by atoms with Crippen LogP contribution < -0.4 is 9.47 Å². The molecule has 0 aliphatic heterocycles. The molecule has 0 bridgehead atoms. The van der Waals surface area contributed by atoms with Crippen LogP contribution in [-0.2, 0) is 0 Å². The van der Waals surface area contributed by atoms with E-state index in [1.165, 1.54) is 7.11 Å². The molecule has 106 valence electrons. The summed E-state index contributed by atoms with van der Waals surface area (Å²) >= 11 is 11.4. The van der Waals surface area contributed by atoms with Crippen LogP contribution in [0.2, 0.25) is 0 Å².